The Kier molecular flexibility index (Phi) is 5.24. The van der Waals surface area contributed by atoms with Crippen LogP contribution in [0, 0.1) is 11.8 Å². The van der Waals surface area contributed by atoms with E-state index in [2.05, 4.69) is 6.58 Å². The number of methoxy groups -OCH3 is 1. The van der Waals surface area contributed by atoms with Gasteiger partial charge in [0, 0.05) is 5.92 Å². The highest BCUT2D eigenvalue weighted by Crippen LogP contribution is 2.32. The summed E-state index contributed by atoms with van der Waals surface area (Å²) in [6, 6.07) is 7.73. The summed E-state index contributed by atoms with van der Waals surface area (Å²) in [7, 11) is 1.64. The third-order valence-electron chi connectivity index (χ3n) is 4.19. The molecule has 0 aliphatic carbocycles. The van der Waals surface area contributed by atoms with E-state index in [0.29, 0.717) is 6.61 Å². The maximum Gasteiger partial charge on any atom is 0.311 e. The molecule has 0 unspecified atom stereocenters. The van der Waals surface area contributed by atoms with Crippen LogP contribution >= 0.6 is 0 Å². The molecule has 0 saturated carbocycles. The van der Waals surface area contributed by atoms with E-state index < -0.39 is 0 Å². The van der Waals surface area contributed by atoms with Gasteiger partial charge in [-0.2, -0.15) is 0 Å². The monoisotopic (exact) mass is 304 g/mol. The molecule has 22 heavy (non-hydrogen) atoms. The molecule has 120 valence electrons. The molecule has 1 saturated heterocycles. The zero-order valence-electron chi connectivity index (χ0n) is 13.7. The summed E-state index contributed by atoms with van der Waals surface area (Å²) in [6.07, 6.45) is -0.449. The Morgan fingerprint density at radius 1 is 1.27 bits per heavy atom. The zero-order chi connectivity index (χ0) is 16.3. The lowest BCUT2D eigenvalue weighted by Gasteiger charge is -2.39. The first-order valence-corrected chi connectivity index (χ1v) is 7.54. The van der Waals surface area contributed by atoms with Crippen molar-refractivity contribution in [2.45, 2.75) is 39.6 Å². The van der Waals surface area contributed by atoms with E-state index in [0.717, 1.165) is 16.9 Å². The highest BCUT2D eigenvalue weighted by molar-refractivity contribution is 5.74. The van der Waals surface area contributed by atoms with Crippen LogP contribution in [0.4, 0.5) is 0 Å². The summed E-state index contributed by atoms with van der Waals surface area (Å²) in [4.78, 5) is 12.0. The van der Waals surface area contributed by atoms with Crippen molar-refractivity contribution in [1.29, 1.82) is 0 Å². The number of benzene rings is 1. The molecule has 0 bridgehead atoms. The number of hydrogen-bond acceptors (Lipinski definition) is 4. The Labute approximate surface area is 132 Å². The van der Waals surface area contributed by atoms with Crippen LogP contribution in [-0.2, 0) is 20.9 Å². The Morgan fingerprint density at radius 2 is 1.91 bits per heavy atom. The lowest BCUT2D eigenvalue weighted by atomic mass is 9.84. The van der Waals surface area contributed by atoms with Gasteiger partial charge in [-0.1, -0.05) is 25.6 Å². The Morgan fingerprint density at radius 3 is 2.45 bits per heavy atom. The molecule has 1 aromatic rings. The van der Waals surface area contributed by atoms with Crippen LogP contribution in [0.15, 0.2) is 36.4 Å². The Bertz CT molecular complexity index is 535. The molecule has 0 radical (unpaired) electrons. The molecule has 4 heteroatoms. The minimum Gasteiger partial charge on any atom is -0.497 e. The van der Waals surface area contributed by atoms with Crippen LogP contribution in [0.1, 0.15) is 26.3 Å². The summed E-state index contributed by atoms with van der Waals surface area (Å²) >= 11 is 0. The molecular formula is C18H24O4. The van der Waals surface area contributed by atoms with E-state index >= 15 is 0 Å². The van der Waals surface area contributed by atoms with Crippen molar-refractivity contribution < 1.29 is 19.0 Å². The van der Waals surface area contributed by atoms with Gasteiger partial charge in [0.1, 0.15) is 11.9 Å². The third kappa shape index (κ3) is 3.50. The van der Waals surface area contributed by atoms with Crippen molar-refractivity contribution in [3.63, 3.8) is 0 Å². The molecule has 4 nitrogen and oxygen atoms in total. The molecule has 2 rings (SSSR count). The Balaban J connectivity index is 2.05. The first-order chi connectivity index (χ1) is 10.4. The highest BCUT2D eigenvalue weighted by atomic mass is 16.6. The first-order valence-electron chi connectivity index (χ1n) is 7.54. The summed E-state index contributed by atoms with van der Waals surface area (Å²) in [5, 5.41) is 0. The van der Waals surface area contributed by atoms with Crippen LogP contribution < -0.4 is 4.74 Å². The molecule has 0 spiro atoms. The molecule has 4 atom stereocenters. The third-order valence-corrected chi connectivity index (χ3v) is 4.19. The molecule has 1 aromatic carbocycles. The summed E-state index contributed by atoms with van der Waals surface area (Å²) in [5.74, 6) is 0.409. The van der Waals surface area contributed by atoms with E-state index in [1.54, 1.807) is 7.11 Å². The van der Waals surface area contributed by atoms with Crippen molar-refractivity contribution in [3.05, 3.63) is 42.0 Å². The number of carbonyl (C=O) groups excluding carboxylic acids is 1. The van der Waals surface area contributed by atoms with Crippen LogP contribution in [-0.4, -0.2) is 25.3 Å². The summed E-state index contributed by atoms with van der Waals surface area (Å²) < 4.78 is 16.6. The second-order valence-electron chi connectivity index (χ2n) is 5.98. The van der Waals surface area contributed by atoms with Crippen molar-refractivity contribution in [3.8, 4) is 5.75 Å². The van der Waals surface area contributed by atoms with Crippen LogP contribution in [0.5, 0.6) is 5.75 Å². The number of esters is 1. The molecule has 1 aliphatic rings. The van der Waals surface area contributed by atoms with Gasteiger partial charge in [-0.15, -0.1) is 0 Å². The van der Waals surface area contributed by atoms with Gasteiger partial charge in [-0.3, -0.25) is 4.79 Å². The number of cyclic esters (lactones) is 1. The number of ether oxygens (including phenoxy) is 3. The minimum absolute atomic E-state index is 0.0865. The molecular weight excluding hydrogens is 280 g/mol. The average Bonchev–Trinajstić information content (AvgIpc) is 2.51. The second-order valence-corrected chi connectivity index (χ2v) is 5.98. The SMILES string of the molecule is C=C(C)[C@H]1OC(=O)[C@H](C)[C@@H](OCc2ccc(OC)cc2)[C@H]1C. The fourth-order valence-electron chi connectivity index (χ4n) is 2.86. The Hall–Kier alpha value is -1.81. The van der Waals surface area contributed by atoms with Crippen molar-refractivity contribution in [2.24, 2.45) is 11.8 Å². The smallest absolute Gasteiger partial charge is 0.311 e. The molecule has 1 fully saturated rings. The van der Waals surface area contributed by atoms with Gasteiger partial charge in [-0.05, 0) is 37.1 Å². The number of hydrogen-bond donors (Lipinski definition) is 0. The molecule has 1 aliphatic heterocycles. The van der Waals surface area contributed by atoms with Crippen molar-refractivity contribution in [2.75, 3.05) is 7.11 Å². The quantitative estimate of drug-likeness (QED) is 0.618. The van der Waals surface area contributed by atoms with E-state index in [-0.39, 0.29) is 30.0 Å². The lowest BCUT2D eigenvalue weighted by Crippen LogP contribution is -2.48. The summed E-state index contributed by atoms with van der Waals surface area (Å²) in [5.41, 5.74) is 1.90. The van der Waals surface area contributed by atoms with Gasteiger partial charge < -0.3 is 14.2 Å². The van der Waals surface area contributed by atoms with Crippen molar-refractivity contribution >= 4 is 5.97 Å². The van der Waals surface area contributed by atoms with Crippen LogP contribution in [0.3, 0.4) is 0 Å². The van der Waals surface area contributed by atoms with Gasteiger partial charge in [0.15, 0.2) is 0 Å². The van der Waals surface area contributed by atoms with E-state index in [1.807, 2.05) is 45.0 Å². The fraction of sp³-hybridized carbons (Fsp3) is 0.500. The standard InChI is InChI=1S/C18H24O4/c1-11(2)16-12(3)17(13(4)18(19)22-16)21-10-14-6-8-15(20-5)9-7-14/h6-9,12-13,16-17H,1,10H2,2-5H3/t12-,13+,16+,17-/m0/s1. The number of carbonyl (C=O) groups is 1. The van der Waals surface area contributed by atoms with E-state index in [9.17, 15) is 4.79 Å². The van der Waals surface area contributed by atoms with E-state index in [1.165, 1.54) is 0 Å². The second kappa shape index (κ2) is 6.97. The maximum atomic E-state index is 12.0. The predicted molar refractivity (Wildman–Crippen MR) is 84.6 cm³/mol. The van der Waals surface area contributed by atoms with Gasteiger partial charge in [0.25, 0.3) is 0 Å². The zero-order valence-corrected chi connectivity index (χ0v) is 13.7. The van der Waals surface area contributed by atoms with Gasteiger partial charge in [0.2, 0.25) is 0 Å². The lowest BCUT2D eigenvalue weighted by molar-refractivity contribution is -0.180. The fourth-order valence-corrected chi connectivity index (χ4v) is 2.86. The molecule has 0 N–H and O–H groups in total. The minimum atomic E-state index is -0.274. The van der Waals surface area contributed by atoms with Crippen LogP contribution in [0.25, 0.3) is 0 Å². The maximum absolute atomic E-state index is 12.0. The summed E-state index contributed by atoms with van der Waals surface area (Å²) in [6.45, 7) is 10.1. The van der Waals surface area contributed by atoms with Gasteiger partial charge >= 0.3 is 5.97 Å². The topological polar surface area (TPSA) is 44.8 Å². The van der Waals surface area contributed by atoms with Crippen molar-refractivity contribution in [1.82, 2.24) is 0 Å². The highest BCUT2D eigenvalue weighted by Gasteiger charge is 2.42. The molecule has 0 amide bonds. The largest absolute Gasteiger partial charge is 0.497 e. The molecule has 0 aromatic heterocycles. The van der Waals surface area contributed by atoms with Crippen LogP contribution in [0.2, 0.25) is 0 Å². The molecule has 1 heterocycles. The normalized spacial score (nSPS) is 28.1. The first kappa shape index (κ1) is 16.6. The predicted octanol–water partition coefficient (Wildman–Crippen LogP) is 3.35. The number of rotatable bonds is 5. The van der Waals surface area contributed by atoms with Gasteiger partial charge in [-0.25, -0.2) is 0 Å². The average molecular weight is 304 g/mol. The van der Waals surface area contributed by atoms with Gasteiger partial charge in [0.05, 0.1) is 25.7 Å². The van der Waals surface area contributed by atoms with E-state index in [4.69, 9.17) is 14.2 Å².